The standard InChI is InChI=1S/C21H31F3N4O2/c1-2-25-20(27-11-19-12-28-9-3-4-18(28)14-30-19)26-10-16-5-7-17(8-6-16)13-29-15-21(22,23)24/h5-8,18-19H,2-4,9-15H2,1H3,(H2,25,26,27). The Bertz CT molecular complexity index is 682. The molecule has 0 saturated carbocycles. The third-order valence-corrected chi connectivity index (χ3v) is 5.28. The van der Waals surface area contributed by atoms with E-state index in [1.54, 1.807) is 12.1 Å². The van der Waals surface area contributed by atoms with Crippen LogP contribution in [0.1, 0.15) is 30.9 Å². The highest BCUT2D eigenvalue weighted by Crippen LogP contribution is 2.22. The Hall–Kier alpha value is -1.84. The van der Waals surface area contributed by atoms with Crippen LogP contribution in [0.5, 0.6) is 0 Å². The number of hydrogen-bond acceptors (Lipinski definition) is 4. The number of nitrogens with zero attached hydrogens (tertiary/aromatic N) is 2. The minimum atomic E-state index is -4.30. The van der Waals surface area contributed by atoms with E-state index in [4.69, 9.17) is 4.74 Å². The molecule has 2 N–H and O–H groups in total. The molecule has 0 aliphatic carbocycles. The van der Waals surface area contributed by atoms with Crippen LogP contribution in [0.4, 0.5) is 13.2 Å². The smallest absolute Gasteiger partial charge is 0.373 e. The van der Waals surface area contributed by atoms with Crippen LogP contribution in [-0.2, 0) is 22.6 Å². The molecule has 1 aromatic rings. The largest absolute Gasteiger partial charge is 0.411 e. The quantitative estimate of drug-likeness (QED) is 0.493. The molecule has 2 aliphatic heterocycles. The Morgan fingerprint density at radius 3 is 2.73 bits per heavy atom. The van der Waals surface area contributed by atoms with Gasteiger partial charge in [0.05, 0.1) is 25.9 Å². The van der Waals surface area contributed by atoms with Gasteiger partial charge in [-0.15, -0.1) is 0 Å². The lowest BCUT2D eigenvalue weighted by Crippen LogP contribution is -2.51. The van der Waals surface area contributed by atoms with Crippen molar-refractivity contribution in [3.8, 4) is 0 Å². The molecule has 2 saturated heterocycles. The highest BCUT2D eigenvalue weighted by Gasteiger charge is 2.32. The van der Waals surface area contributed by atoms with E-state index in [-0.39, 0.29) is 12.7 Å². The molecule has 2 fully saturated rings. The second-order valence-corrected chi connectivity index (χ2v) is 7.75. The second kappa shape index (κ2) is 11.0. The molecule has 9 heteroatoms. The molecule has 0 amide bonds. The third-order valence-electron chi connectivity index (χ3n) is 5.28. The summed E-state index contributed by atoms with van der Waals surface area (Å²) in [7, 11) is 0. The predicted octanol–water partition coefficient (Wildman–Crippen LogP) is 2.68. The number of ether oxygens (including phenoxy) is 2. The van der Waals surface area contributed by atoms with E-state index < -0.39 is 12.8 Å². The predicted molar refractivity (Wildman–Crippen MR) is 109 cm³/mol. The molecular weight excluding hydrogens is 397 g/mol. The van der Waals surface area contributed by atoms with Crippen LogP contribution in [0.3, 0.4) is 0 Å². The summed E-state index contributed by atoms with van der Waals surface area (Å²) in [5, 5.41) is 6.59. The first-order valence-electron chi connectivity index (χ1n) is 10.5. The Morgan fingerprint density at radius 1 is 1.23 bits per heavy atom. The average molecular weight is 428 g/mol. The van der Waals surface area contributed by atoms with Crippen LogP contribution in [0.25, 0.3) is 0 Å². The van der Waals surface area contributed by atoms with E-state index in [1.165, 1.54) is 12.8 Å². The molecule has 0 aromatic heterocycles. The molecule has 2 atom stereocenters. The van der Waals surface area contributed by atoms with E-state index in [1.807, 2.05) is 19.1 Å². The fourth-order valence-corrected chi connectivity index (χ4v) is 3.76. The fourth-order valence-electron chi connectivity index (χ4n) is 3.76. The molecule has 2 heterocycles. The van der Waals surface area contributed by atoms with Gasteiger partial charge in [-0.25, -0.2) is 4.99 Å². The summed E-state index contributed by atoms with van der Waals surface area (Å²) >= 11 is 0. The monoisotopic (exact) mass is 428 g/mol. The minimum Gasteiger partial charge on any atom is -0.373 e. The van der Waals surface area contributed by atoms with Gasteiger partial charge >= 0.3 is 6.18 Å². The van der Waals surface area contributed by atoms with Crippen molar-refractivity contribution in [3.63, 3.8) is 0 Å². The molecule has 30 heavy (non-hydrogen) atoms. The normalized spacial score (nSPS) is 22.7. The molecular formula is C21H31F3N4O2. The van der Waals surface area contributed by atoms with Crippen LogP contribution >= 0.6 is 0 Å². The summed E-state index contributed by atoms with van der Waals surface area (Å²) in [5.74, 6) is 0.724. The van der Waals surface area contributed by atoms with Gasteiger partial charge in [0.25, 0.3) is 0 Å². The number of halogens is 3. The third kappa shape index (κ3) is 7.45. The number of hydrogen-bond donors (Lipinski definition) is 2. The fraction of sp³-hybridized carbons (Fsp3) is 0.667. The summed E-state index contributed by atoms with van der Waals surface area (Å²) in [4.78, 5) is 7.12. The van der Waals surface area contributed by atoms with Crippen molar-refractivity contribution in [3.05, 3.63) is 35.4 Å². The zero-order valence-corrected chi connectivity index (χ0v) is 17.4. The van der Waals surface area contributed by atoms with Crippen LogP contribution in [0.15, 0.2) is 29.3 Å². The molecule has 168 valence electrons. The lowest BCUT2D eigenvalue weighted by atomic mass is 10.1. The number of rotatable bonds is 8. The van der Waals surface area contributed by atoms with Crippen molar-refractivity contribution in [2.45, 2.75) is 51.2 Å². The Labute approximate surface area is 175 Å². The highest BCUT2D eigenvalue weighted by molar-refractivity contribution is 5.79. The van der Waals surface area contributed by atoms with Crippen molar-refractivity contribution < 1.29 is 22.6 Å². The first-order valence-corrected chi connectivity index (χ1v) is 10.5. The maximum absolute atomic E-state index is 12.1. The summed E-state index contributed by atoms with van der Waals surface area (Å²) in [6.45, 7) is 5.56. The Morgan fingerprint density at radius 2 is 2.00 bits per heavy atom. The van der Waals surface area contributed by atoms with Gasteiger partial charge in [-0.3, -0.25) is 4.90 Å². The Kier molecular flexibility index (Phi) is 8.35. The lowest BCUT2D eigenvalue weighted by Gasteiger charge is -2.35. The lowest BCUT2D eigenvalue weighted by molar-refractivity contribution is -0.176. The molecule has 0 bridgehead atoms. The second-order valence-electron chi connectivity index (χ2n) is 7.75. The average Bonchev–Trinajstić information content (AvgIpc) is 3.18. The number of alkyl halides is 3. The van der Waals surface area contributed by atoms with Crippen molar-refractivity contribution >= 4 is 5.96 Å². The van der Waals surface area contributed by atoms with Crippen LogP contribution in [0, 0.1) is 0 Å². The first kappa shape index (κ1) is 22.8. The van der Waals surface area contributed by atoms with E-state index in [0.29, 0.717) is 24.7 Å². The van der Waals surface area contributed by atoms with Crippen molar-refractivity contribution in [1.29, 1.82) is 0 Å². The molecule has 6 nitrogen and oxygen atoms in total. The van der Waals surface area contributed by atoms with Gasteiger partial charge in [0.15, 0.2) is 5.96 Å². The minimum absolute atomic E-state index is 0.0630. The van der Waals surface area contributed by atoms with Gasteiger partial charge in [-0.1, -0.05) is 24.3 Å². The van der Waals surface area contributed by atoms with E-state index >= 15 is 0 Å². The SMILES string of the molecule is CCNC(=NCc1ccc(COCC(F)(F)F)cc1)NCC1CN2CCCC2CO1. The van der Waals surface area contributed by atoms with Crippen molar-refractivity contribution in [1.82, 2.24) is 15.5 Å². The molecule has 1 aromatic carbocycles. The molecule has 0 radical (unpaired) electrons. The van der Waals surface area contributed by atoms with Gasteiger partial charge in [-0.2, -0.15) is 13.2 Å². The zero-order chi connectivity index (χ0) is 21.4. The molecule has 2 aliphatic rings. The van der Waals surface area contributed by atoms with Gasteiger partial charge in [0.2, 0.25) is 0 Å². The number of benzene rings is 1. The maximum Gasteiger partial charge on any atom is 0.411 e. The topological polar surface area (TPSA) is 58.1 Å². The summed E-state index contributed by atoms with van der Waals surface area (Å²) < 4.78 is 47.1. The van der Waals surface area contributed by atoms with E-state index in [0.717, 1.165) is 37.8 Å². The molecule has 3 rings (SSSR count). The number of nitrogens with one attached hydrogen (secondary N) is 2. The maximum atomic E-state index is 12.1. The van der Waals surface area contributed by atoms with Gasteiger partial charge < -0.3 is 20.1 Å². The summed E-state index contributed by atoms with van der Waals surface area (Å²) in [6.07, 6.45) is -1.66. The van der Waals surface area contributed by atoms with Crippen LogP contribution in [-0.4, -0.2) is 68.6 Å². The molecule has 2 unspecified atom stereocenters. The van der Waals surface area contributed by atoms with E-state index in [2.05, 4.69) is 25.3 Å². The number of guanidine groups is 1. The summed E-state index contributed by atoms with van der Waals surface area (Å²) in [6, 6.07) is 7.84. The number of fused-ring (bicyclic) bond motifs is 1. The summed E-state index contributed by atoms with van der Waals surface area (Å²) in [5.41, 5.74) is 1.67. The molecule has 0 spiro atoms. The van der Waals surface area contributed by atoms with Crippen molar-refractivity contribution in [2.75, 3.05) is 39.4 Å². The number of morpholine rings is 1. The number of aliphatic imine (C=N–C) groups is 1. The first-order chi connectivity index (χ1) is 14.4. The van der Waals surface area contributed by atoms with Gasteiger partial charge in [0.1, 0.15) is 6.61 Å². The zero-order valence-electron chi connectivity index (χ0n) is 17.4. The van der Waals surface area contributed by atoms with Crippen LogP contribution in [0.2, 0.25) is 0 Å². The van der Waals surface area contributed by atoms with E-state index in [9.17, 15) is 13.2 Å². The van der Waals surface area contributed by atoms with Gasteiger partial charge in [-0.05, 0) is 37.4 Å². The highest BCUT2D eigenvalue weighted by atomic mass is 19.4. The van der Waals surface area contributed by atoms with Gasteiger partial charge in [0, 0.05) is 25.7 Å². The van der Waals surface area contributed by atoms with Crippen molar-refractivity contribution in [2.24, 2.45) is 4.99 Å². The Balaban J connectivity index is 1.44. The van der Waals surface area contributed by atoms with Crippen LogP contribution < -0.4 is 10.6 Å².